The molecular weight excluding hydrogens is 318 g/mol. The van der Waals surface area contributed by atoms with Crippen molar-refractivity contribution < 1.29 is 14.3 Å². The van der Waals surface area contributed by atoms with Gasteiger partial charge in [-0.1, -0.05) is 18.2 Å². The van der Waals surface area contributed by atoms with Crippen molar-refractivity contribution in [2.24, 2.45) is 7.05 Å². The molecule has 2 fully saturated rings. The zero-order valence-electron chi connectivity index (χ0n) is 14.6. The first-order valence-corrected chi connectivity index (χ1v) is 8.85. The molecule has 6 heteroatoms. The van der Waals surface area contributed by atoms with Gasteiger partial charge in [0.15, 0.2) is 0 Å². The number of hydrogen-bond donors (Lipinski definition) is 0. The molecule has 1 atom stereocenters. The lowest BCUT2D eigenvalue weighted by Crippen LogP contribution is -2.47. The number of likely N-dealkylation sites (tertiary alicyclic amines) is 1. The number of ether oxygens (including phenoxy) is 1. The molecule has 6 nitrogen and oxygen atoms in total. The van der Waals surface area contributed by atoms with Crippen LogP contribution in [0.1, 0.15) is 30.1 Å². The number of hydrogen-bond acceptors (Lipinski definition) is 3. The lowest BCUT2D eigenvalue weighted by molar-refractivity contribution is 0.0660. The maximum Gasteiger partial charge on any atom is 0.410 e. The molecule has 0 aliphatic carbocycles. The topological polar surface area (TPSA) is 54.8 Å². The highest BCUT2D eigenvalue weighted by molar-refractivity contribution is 6.07. The Bertz CT molecular complexity index is 820. The highest BCUT2D eigenvalue weighted by atomic mass is 16.6. The quantitative estimate of drug-likeness (QED) is 0.844. The van der Waals surface area contributed by atoms with Crippen molar-refractivity contribution in [3.63, 3.8) is 0 Å². The molecule has 1 aromatic heterocycles. The van der Waals surface area contributed by atoms with Gasteiger partial charge >= 0.3 is 6.09 Å². The third-order valence-corrected chi connectivity index (χ3v) is 5.31. The number of fused-ring (bicyclic) bond motifs is 1. The van der Waals surface area contributed by atoms with Crippen molar-refractivity contribution in [3.8, 4) is 0 Å². The second-order valence-electron chi connectivity index (χ2n) is 7.04. The number of carbonyl (C=O) groups excluding carboxylic acids is 2. The summed E-state index contributed by atoms with van der Waals surface area (Å²) in [5.41, 5.74) is 1.82. The normalized spacial score (nSPS) is 21.8. The number of amides is 2. The predicted octanol–water partition coefficient (Wildman–Crippen LogP) is 2.62. The van der Waals surface area contributed by atoms with Gasteiger partial charge in [-0.15, -0.1) is 0 Å². The van der Waals surface area contributed by atoms with Gasteiger partial charge in [0, 0.05) is 43.3 Å². The fourth-order valence-electron chi connectivity index (χ4n) is 3.99. The molecule has 2 aliphatic rings. The molecule has 2 aromatic rings. The molecule has 2 saturated heterocycles. The standard InChI is InChI=1S/C19H23N3O3/c1-13-11-22(19(24)25-13)14-7-9-21(10-8-14)18(23)16-12-20(2)17-6-4-3-5-15(16)17/h3-6,12-14H,7-11H2,1-2H3. The molecule has 4 rings (SSSR count). The average Bonchev–Trinajstić information content (AvgIpc) is 3.14. The van der Waals surface area contributed by atoms with Gasteiger partial charge in [0.25, 0.3) is 5.91 Å². The average molecular weight is 341 g/mol. The second-order valence-corrected chi connectivity index (χ2v) is 7.04. The van der Waals surface area contributed by atoms with Crippen LogP contribution < -0.4 is 0 Å². The number of nitrogens with zero attached hydrogens (tertiary/aromatic N) is 3. The highest BCUT2D eigenvalue weighted by Crippen LogP contribution is 2.26. The second kappa shape index (κ2) is 6.10. The first-order chi connectivity index (χ1) is 12.0. The molecule has 0 radical (unpaired) electrons. The molecule has 132 valence electrons. The predicted molar refractivity (Wildman–Crippen MR) is 94.5 cm³/mol. The molecular formula is C19H23N3O3. The number of para-hydroxylation sites is 1. The largest absolute Gasteiger partial charge is 0.444 e. The smallest absolute Gasteiger partial charge is 0.410 e. The van der Waals surface area contributed by atoms with Crippen LogP contribution in [0.25, 0.3) is 10.9 Å². The number of piperidine rings is 1. The zero-order chi connectivity index (χ0) is 17.6. The number of aromatic nitrogens is 1. The summed E-state index contributed by atoms with van der Waals surface area (Å²) in [6, 6.07) is 8.15. The van der Waals surface area contributed by atoms with Crippen LogP contribution in [-0.2, 0) is 11.8 Å². The molecule has 0 saturated carbocycles. The number of benzene rings is 1. The van der Waals surface area contributed by atoms with E-state index in [0.29, 0.717) is 19.6 Å². The molecule has 1 aromatic carbocycles. The third kappa shape index (κ3) is 2.75. The SMILES string of the molecule is CC1CN(C2CCN(C(=O)c3cn(C)c4ccccc34)CC2)C(=O)O1. The summed E-state index contributed by atoms with van der Waals surface area (Å²) in [6.45, 7) is 3.91. The van der Waals surface area contributed by atoms with Gasteiger partial charge in [0.05, 0.1) is 12.1 Å². The Labute approximate surface area is 146 Å². The first kappa shape index (κ1) is 16.0. The van der Waals surface area contributed by atoms with Crippen LogP contribution in [0.2, 0.25) is 0 Å². The minimum absolute atomic E-state index is 0.0390. The molecule has 0 N–H and O–H groups in total. The Morgan fingerprint density at radius 2 is 1.92 bits per heavy atom. The summed E-state index contributed by atoms with van der Waals surface area (Å²) in [7, 11) is 1.96. The van der Waals surface area contributed by atoms with Crippen LogP contribution in [0.5, 0.6) is 0 Å². The lowest BCUT2D eigenvalue weighted by atomic mass is 10.0. The van der Waals surface area contributed by atoms with Crippen molar-refractivity contribution in [2.45, 2.75) is 31.9 Å². The van der Waals surface area contributed by atoms with E-state index in [1.165, 1.54) is 0 Å². The maximum absolute atomic E-state index is 13.0. The zero-order valence-corrected chi connectivity index (χ0v) is 14.6. The van der Waals surface area contributed by atoms with Gasteiger partial charge in [-0.25, -0.2) is 4.79 Å². The summed E-state index contributed by atoms with van der Waals surface area (Å²) in [5.74, 6) is 0.0765. The fourth-order valence-corrected chi connectivity index (χ4v) is 3.99. The molecule has 25 heavy (non-hydrogen) atoms. The summed E-state index contributed by atoms with van der Waals surface area (Å²) in [6.07, 6.45) is 3.27. The maximum atomic E-state index is 13.0. The number of carbonyl (C=O) groups is 2. The van der Waals surface area contributed by atoms with Crippen molar-refractivity contribution >= 4 is 22.9 Å². The highest BCUT2D eigenvalue weighted by Gasteiger charge is 2.36. The fraction of sp³-hybridized carbons (Fsp3) is 0.474. The Kier molecular flexibility index (Phi) is 3.90. The molecule has 0 spiro atoms. The van der Waals surface area contributed by atoms with Crippen LogP contribution in [0.15, 0.2) is 30.5 Å². The van der Waals surface area contributed by atoms with Crippen LogP contribution in [0, 0.1) is 0 Å². The van der Waals surface area contributed by atoms with Crippen molar-refractivity contribution in [1.82, 2.24) is 14.4 Å². The Morgan fingerprint density at radius 3 is 2.60 bits per heavy atom. The lowest BCUT2D eigenvalue weighted by Gasteiger charge is -2.35. The Hall–Kier alpha value is -2.50. The number of rotatable bonds is 2. The van der Waals surface area contributed by atoms with Crippen molar-refractivity contribution in [2.75, 3.05) is 19.6 Å². The van der Waals surface area contributed by atoms with E-state index in [-0.39, 0.29) is 24.1 Å². The van der Waals surface area contributed by atoms with Crippen molar-refractivity contribution in [1.29, 1.82) is 0 Å². The molecule has 2 amide bonds. The molecule has 0 bridgehead atoms. The van der Waals surface area contributed by atoms with Gasteiger partial charge < -0.3 is 19.1 Å². The van der Waals surface area contributed by atoms with Crippen LogP contribution in [0.3, 0.4) is 0 Å². The van der Waals surface area contributed by atoms with Crippen molar-refractivity contribution in [3.05, 3.63) is 36.0 Å². The van der Waals surface area contributed by atoms with E-state index in [0.717, 1.165) is 29.3 Å². The van der Waals surface area contributed by atoms with Gasteiger partial charge in [0.2, 0.25) is 0 Å². The van der Waals surface area contributed by atoms with E-state index in [2.05, 4.69) is 0 Å². The van der Waals surface area contributed by atoms with E-state index >= 15 is 0 Å². The summed E-state index contributed by atoms with van der Waals surface area (Å²) >= 11 is 0. The molecule has 3 heterocycles. The van der Waals surface area contributed by atoms with Gasteiger partial charge in [-0.2, -0.15) is 0 Å². The third-order valence-electron chi connectivity index (χ3n) is 5.31. The van der Waals surface area contributed by atoms with Gasteiger partial charge in [0.1, 0.15) is 6.10 Å². The first-order valence-electron chi connectivity index (χ1n) is 8.85. The minimum Gasteiger partial charge on any atom is -0.444 e. The van der Waals surface area contributed by atoms with Gasteiger partial charge in [-0.3, -0.25) is 4.79 Å². The monoisotopic (exact) mass is 341 g/mol. The summed E-state index contributed by atoms with van der Waals surface area (Å²) in [4.78, 5) is 28.6. The van der Waals surface area contributed by atoms with Crippen LogP contribution >= 0.6 is 0 Å². The number of cyclic esters (lactones) is 1. The molecule has 1 unspecified atom stereocenters. The minimum atomic E-state index is -0.216. The summed E-state index contributed by atoms with van der Waals surface area (Å²) < 4.78 is 7.22. The van der Waals surface area contributed by atoms with E-state index in [1.54, 1.807) is 0 Å². The van der Waals surface area contributed by atoms with Crippen LogP contribution in [-0.4, -0.2) is 58.1 Å². The molecule has 2 aliphatic heterocycles. The van der Waals surface area contributed by atoms with Crippen LogP contribution in [0.4, 0.5) is 4.79 Å². The Morgan fingerprint density at radius 1 is 1.20 bits per heavy atom. The van der Waals surface area contributed by atoms with E-state index in [4.69, 9.17) is 4.74 Å². The number of aryl methyl sites for hydroxylation is 1. The van der Waals surface area contributed by atoms with E-state index in [1.807, 2.05) is 58.8 Å². The Balaban J connectivity index is 1.47. The summed E-state index contributed by atoms with van der Waals surface area (Å²) in [5, 5.41) is 0.995. The van der Waals surface area contributed by atoms with Gasteiger partial charge in [-0.05, 0) is 25.8 Å². The van der Waals surface area contributed by atoms with E-state index < -0.39 is 0 Å². The van der Waals surface area contributed by atoms with E-state index in [9.17, 15) is 9.59 Å².